The van der Waals surface area contributed by atoms with E-state index in [1.165, 1.54) is 0 Å². The van der Waals surface area contributed by atoms with Gasteiger partial charge in [0.1, 0.15) is 6.10 Å². The zero-order chi connectivity index (χ0) is 17.7. The van der Waals surface area contributed by atoms with Crippen LogP contribution >= 0.6 is 0 Å². The van der Waals surface area contributed by atoms with E-state index in [1.807, 2.05) is 0 Å². The topological polar surface area (TPSA) is 76.6 Å². The minimum absolute atomic E-state index is 0.0641. The van der Waals surface area contributed by atoms with Gasteiger partial charge in [-0.05, 0) is 18.8 Å². The van der Waals surface area contributed by atoms with E-state index in [9.17, 15) is 4.79 Å². The Labute approximate surface area is 149 Å². The van der Waals surface area contributed by atoms with Crippen molar-refractivity contribution in [2.24, 2.45) is 5.92 Å². The summed E-state index contributed by atoms with van der Waals surface area (Å²) < 4.78 is 12.1. The van der Waals surface area contributed by atoms with E-state index >= 15 is 0 Å². The van der Waals surface area contributed by atoms with E-state index in [4.69, 9.17) is 9.47 Å². The highest BCUT2D eigenvalue weighted by Crippen LogP contribution is 2.39. The Bertz CT molecular complexity index is 561. The normalized spacial score (nSPS) is 28.9. The summed E-state index contributed by atoms with van der Waals surface area (Å²) in [4.78, 5) is 22.1. The lowest BCUT2D eigenvalue weighted by molar-refractivity contribution is -0.191. The van der Waals surface area contributed by atoms with Gasteiger partial charge in [-0.25, -0.2) is 4.79 Å². The van der Waals surface area contributed by atoms with E-state index in [-0.39, 0.29) is 12.1 Å². The maximum absolute atomic E-state index is 12.2. The van der Waals surface area contributed by atoms with Crippen LogP contribution in [0.4, 0.5) is 4.79 Å². The summed E-state index contributed by atoms with van der Waals surface area (Å²) >= 11 is 0. The Morgan fingerprint density at radius 2 is 2.20 bits per heavy atom. The number of amides is 2. The van der Waals surface area contributed by atoms with Crippen molar-refractivity contribution in [1.29, 1.82) is 0 Å². The van der Waals surface area contributed by atoms with Gasteiger partial charge in [0.2, 0.25) is 0 Å². The molecule has 1 N–H and O–H groups in total. The number of nitrogens with one attached hydrogen (secondary N) is 1. The Balaban J connectivity index is 1.37. The molecule has 0 aromatic carbocycles. The Morgan fingerprint density at radius 1 is 1.40 bits per heavy atom. The molecule has 1 saturated heterocycles. The summed E-state index contributed by atoms with van der Waals surface area (Å²) in [6.45, 7) is 3.90. The van der Waals surface area contributed by atoms with Crippen LogP contribution in [-0.4, -0.2) is 59.5 Å². The summed E-state index contributed by atoms with van der Waals surface area (Å²) in [5.74, 6) is 0.347. The first-order chi connectivity index (χ1) is 12.1. The van der Waals surface area contributed by atoms with E-state index in [2.05, 4.69) is 22.2 Å². The molecule has 0 radical (unpaired) electrons. The quantitative estimate of drug-likeness (QED) is 0.880. The van der Waals surface area contributed by atoms with Crippen molar-refractivity contribution in [1.82, 2.24) is 20.2 Å². The number of carbonyl (C=O) groups is 1. The molecule has 0 bridgehead atoms. The molecule has 2 aliphatic rings. The highest BCUT2D eigenvalue weighted by Gasteiger charge is 2.43. The van der Waals surface area contributed by atoms with Crippen LogP contribution in [0.1, 0.15) is 38.3 Å². The molecule has 1 aliphatic carbocycles. The fourth-order valence-corrected chi connectivity index (χ4v) is 3.36. The van der Waals surface area contributed by atoms with Crippen LogP contribution < -0.4 is 5.32 Å². The molecule has 7 heteroatoms. The van der Waals surface area contributed by atoms with Gasteiger partial charge in [-0.1, -0.05) is 6.92 Å². The largest absolute Gasteiger partial charge is 0.347 e. The number of nitrogens with zero attached hydrogens (tertiary/aromatic N) is 3. The molecule has 3 rings (SSSR count). The van der Waals surface area contributed by atoms with Gasteiger partial charge in [-0.2, -0.15) is 0 Å². The van der Waals surface area contributed by atoms with Gasteiger partial charge < -0.3 is 19.7 Å². The van der Waals surface area contributed by atoms with E-state index in [0.29, 0.717) is 26.1 Å². The van der Waals surface area contributed by atoms with Crippen LogP contribution in [0.2, 0.25) is 0 Å². The van der Waals surface area contributed by atoms with Crippen LogP contribution in [0.25, 0.3) is 0 Å². The molecular weight excluding hydrogens is 320 g/mol. The van der Waals surface area contributed by atoms with Crippen LogP contribution in [0, 0.1) is 5.92 Å². The third-order valence-electron chi connectivity index (χ3n) is 5.10. The predicted molar refractivity (Wildman–Crippen MR) is 93.0 cm³/mol. The monoisotopic (exact) mass is 348 g/mol. The minimum atomic E-state index is -0.403. The predicted octanol–water partition coefficient (Wildman–Crippen LogP) is 1.98. The van der Waals surface area contributed by atoms with Crippen molar-refractivity contribution in [3.8, 4) is 0 Å². The molecule has 2 amide bonds. The highest BCUT2D eigenvalue weighted by molar-refractivity contribution is 5.73. The fraction of sp³-hybridized carbons (Fsp3) is 0.722. The Kier molecular flexibility index (Phi) is 5.86. The van der Waals surface area contributed by atoms with Crippen molar-refractivity contribution in [2.45, 2.75) is 50.9 Å². The van der Waals surface area contributed by atoms with Crippen LogP contribution in [-0.2, 0) is 15.9 Å². The van der Waals surface area contributed by atoms with E-state index in [1.54, 1.807) is 30.5 Å². The number of aromatic nitrogens is 2. The lowest BCUT2D eigenvalue weighted by Crippen LogP contribution is -2.43. The molecule has 2 fully saturated rings. The summed E-state index contributed by atoms with van der Waals surface area (Å²) in [5.41, 5.74) is 0.878. The summed E-state index contributed by atoms with van der Waals surface area (Å²) in [7, 11) is 1.78. The second-order valence-corrected chi connectivity index (χ2v) is 7.20. The second-order valence-electron chi connectivity index (χ2n) is 7.20. The summed E-state index contributed by atoms with van der Waals surface area (Å²) in [6.07, 6.45) is 9.84. The molecule has 2 heterocycles. The Morgan fingerprint density at radius 3 is 2.92 bits per heavy atom. The molecule has 1 aliphatic heterocycles. The van der Waals surface area contributed by atoms with Gasteiger partial charge in [-0.15, -0.1) is 0 Å². The first kappa shape index (κ1) is 18.1. The highest BCUT2D eigenvalue weighted by atomic mass is 16.7. The number of carbonyl (C=O) groups excluding carboxylic acids is 1. The number of hydrogen-bond donors (Lipinski definition) is 1. The molecule has 1 atom stereocenters. The maximum Gasteiger partial charge on any atom is 0.317 e. The van der Waals surface area contributed by atoms with Crippen LogP contribution in [0.15, 0.2) is 18.6 Å². The number of ether oxygens (including phenoxy) is 2. The standard InChI is InChI=1S/C18H28N4O3/c1-14-3-6-18(7-4-14)24-13-16(25-18)12-21-17(23)22(2)10-5-15-11-19-8-9-20-15/h8-9,11,14,16H,3-7,10,12-13H2,1-2H3,(H,21,23). The first-order valence-electron chi connectivity index (χ1n) is 9.12. The first-order valence-corrected chi connectivity index (χ1v) is 9.12. The molecule has 1 aromatic heterocycles. The number of likely N-dealkylation sites (N-methyl/N-ethyl adjacent to an activating group) is 1. The van der Waals surface area contributed by atoms with Gasteiger partial charge in [0.25, 0.3) is 0 Å². The lowest BCUT2D eigenvalue weighted by atomic mass is 9.86. The summed E-state index contributed by atoms with van der Waals surface area (Å²) in [6, 6.07) is -0.106. The zero-order valence-electron chi connectivity index (χ0n) is 15.1. The smallest absolute Gasteiger partial charge is 0.317 e. The molecule has 138 valence electrons. The fourth-order valence-electron chi connectivity index (χ4n) is 3.36. The number of rotatable bonds is 5. The van der Waals surface area contributed by atoms with E-state index < -0.39 is 5.79 Å². The Hall–Kier alpha value is -1.73. The van der Waals surface area contributed by atoms with Crippen molar-refractivity contribution in [2.75, 3.05) is 26.7 Å². The molecule has 7 nitrogen and oxygen atoms in total. The van der Waals surface area contributed by atoms with Crippen molar-refractivity contribution < 1.29 is 14.3 Å². The van der Waals surface area contributed by atoms with Gasteiger partial charge in [0.15, 0.2) is 5.79 Å². The zero-order valence-corrected chi connectivity index (χ0v) is 15.1. The third kappa shape index (κ3) is 4.89. The van der Waals surface area contributed by atoms with Crippen molar-refractivity contribution >= 4 is 6.03 Å². The van der Waals surface area contributed by atoms with Gasteiger partial charge in [-0.3, -0.25) is 9.97 Å². The minimum Gasteiger partial charge on any atom is -0.347 e. The average Bonchev–Trinajstić information content (AvgIpc) is 3.04. The van der Waals surface area contributed by atoms with Crippen molar-refractivity contribution in [3.63, 3.8) is 0 Å². The van der Waals surface area contributed by atoms with Gasteiger partial charge in [0.05, 0.1) is 12.3 Å². The number of hydrogen-bond acceptors (Lipinski definition) is 5. The van der Waals surface area contributed by atoms with Crippen LogP contribution in [0.3, 0.4) is 0 Å². The molecule has 1 spiro atoms. The molecule has 1 unspecified atom stereocenters. The molecule has 1 aromatic rings. The van der Waals surface area contributed by atoms with Gasteiger partial charge in [0, 0.05) is 58.0 Å². The average molecular weight is 348 g/mol. The lowest BCUT2D eigenvalue weighted by Gasteiger charge is -2.34. The molecule has 1 saturated carbocycles. The third-order valence-corrected chi connectivity index (χ3v) is 5.10. The van der Waals surface area contributed by atoms with Crippen LogP contribution in [0.5, 0.6) is 0 Å². The van der Waals surface area contributed by atoms with E-state index in [0.717, 1.165) is 37.3 Å². The molecule has 25 heavy (non-hydrogen) atoms. The van der Waals surface area contributed by atoms with Gasteiger partial charge >= 0.3 is 6.03 Å². The van der Waals surface area contributed by atoms with Crippen molar-refractivity contribution in [3.05, 3.63) is 24.3 Å². The SMILES string of the molecule is CC1CCC2(CC1)OCC(CNC(=O)N(C)CCc1cnccn1)O2. The summed E-state index contributed by atoms with van der Waals surface area (Å²) in [5, 5.41) is 2.94. The molecular formula is C18H28N4O3. The number of urea groups is 1. The maximum atomic E-state index is 12.2. The second kappa shape index (κ2) is 8.10.